The van der Waals surface area contributed by atoms with Gasteiger partial charge in [-0.15, -0.1) is 10.6 Å². The van der Waals surface area contributed by atoms with Crippen molar-refractivity contribution in [1.29, 1.82) is 0 Å². The van der Waals surface area contributed by atoms with Gasteiger partial charge in [-0.1, -0.05) is 34.7 Å². The molecule has 1 aliphatic carbocycles. The van der Waals surface area contributed by atoms with Crippen LogP contribution in [0.15, 0.2) is 51.5 Å². The Balaban J connectivity index is 1.82. The third kappa shape index (κ3) is 5.72. The van der Waals surface area contributed by atoms with E-state index in [0.29, 0.717) is 21.8 Å². The number of ether oxygens (including phenoxy) is 1. The highest BCUT2D eigenvalue weighted by atomic mass is 32.3. The number of carbonyl (C=O) groups is 2. The van der Waals surface area contributed by atoms with Crippen LogP contribution >= 0.6 is 21.9 Å². The van der Waals surface area contributed by atoms with Crippen LogP contribution in [0.2, 0.25) is 0 Å². The van der Waals surface area contributed by atoms with Crippen molar-refractivity contribution in [3.63, 3.8) is 0 Å². The van der Waals surface area contributed by atoms with Crippen LogP contribution in [-0.2, 0) is 14.4 Å². The van der Waals surface area contributed by atoms with Crippen molar-refractivity contribution < 1.29 is 33.4 Å². The molecule has 2 aromatic rings. The number of oxime groups is 1. The summed E-state index contributed by atoms with van der Waals surface area (Å²) in [5, 5.41) is 15.8. The lowest BCUT2D eigenvalue weighted by Gasteiger charge is -2.30. The number of rotatable bonds is 10. The second kappa shape index (κ2) is 10.2. The van der Waals surface area contributed by atoms with E-state index in [1.54, 1.807) is 19.9 Å². The van der Waals surface area contributed by atoms with Gasteiger partial charge in [-0.05, 0) is 26.0 Å². The number of aliphatic hydroxyl groups excluding tert-OH is 1. The molecule has 1 aromatic carbocycles. The Hall–Kier alpha value is -2.77. The number of aromatic nitrogens is 1. The number of carbonyl (C=O) groups excluding carboxylic acids is 2. The molecule has 0 unspecified atom stereocenters. The van der Waals surface area contributed by atoms with E-state index >= 15 is 0 Å². The van der Waals surface area contributed by atoms with Gasteiger partial charge in [0.15, 0.2) is 10.8 Å². The van der Waals surface area contributed by atoms with Crippen LogP contribution < -0.4 is 5.32 Å². The van der Waals surface area contributed by atoms with Gasteiger partial charge in [0.25, 0.3) is 5.91 Å². The first-order valence-electron chi connectivity index (χ1n) is 9.63. The van der Waals surface area contributed by atoms with Crippen LogP contribution in [0.5, 0.6) is 0 Å². The van der Waals surface area contributed by atoms with E-state index in [1.807, 2.05) is 0 Å². The van der Waals surface area contributed by atoms with Gasteiger partial charge in [-0.2, -0.15) is 0 Å². The molecule has 32 heavy (non-hydrogen) atoms. The fourth-order valence-corrected chi connectivity index (χ4v) is 4.49. The molecular formula is C20H23N3O7S2. The molecule has 172 valence electrons. The highest BCUT2D eigenvalue weighted by Crippen LogP contribution is 2.61. The van der Waals surface area contributed by atoms with Crippen molar-refractivity contribution >= 4 is 44.6 Å². The molecule has 10 nitrogen and oxygen atoms in total. The number of nitrogens with one attached hydrogen (secondary N) is 1. The van der Waals surface area contributed by atoms with Crippen LogP contribution in [0.1, 0.15) is 35.5 Å². The second-order valence-electron chi connectivity index (χ2n) is 6.69. The highest BCUT2D eigenvalue weighted by molar-refractivity contribution is 8.27. The fraction of sp³-hybridized carbons (Fsp3) is 0.300. The standard InChI is InChI=1S/C20H23N3O7S2/c1-3-29-19(26)16-10-21-20(31-16)22-18(25)17(23-30-12(2)11-24)13-4-6-14(7-5-13)32(27,28)15-8-9-15/h4-8,10,12,24,27-28H,3,9,11H2,1-2H3,(H,21,22,25)/t12-/m1/s1. The lowest BCUT2D eigenvalue weighted by atomic mass is 10.1. The maximum absolute atomic E-state index is 12.9. The van der Waals surface area contributed by atoms with Crippen molar-refractivity contribution in [2.24, 2.45) is 5.16 Å². The van der Waals surface area contributed by atoms with Gasteiger partial charge < -0.3 is 14.7 Å². The first-order valence-corrected chi connectivity index (χ1v) is 12.0. The minimum atomic E-state index is -3.01. The predicted molar refractivity (Wildman–Crippen MR) is 121 cm³/mol. The van der Waals surface area contributed by atoms with Crippen molar-refractivity contribution in [2.45, 2.75) is 31.3 Å². The Labute approximate surface area is 189 Å². The number of allylic oxidation sites excluding steroid dienone is 2. The molecule has 1 atom stereocenters. The zero-order valence-electron chi connectivity index (χ0n) is 17.3. The lowest BCUT2D eigenvalue weighted by Crippen LogP contribution is -2.25. The van der Waals surface area contributed by atoms with Gasteiger partial charge in [-0.25, -0.2) is 9.78 Å². The molecule has 0 saturated heterocycles. The summed E-state index contributed by atoms with van der Waals surface area (Å²) in [6, 6.07) is 6.04. The van der Waals surface area contributed by atoms with E-state index in [-0.39, 0.29) is 28.9 Å². The summed E-state index contributed by atoms with van der Waals surface area (Å²) in [4.78, 5) is 35.0. The molecule has 0 saturated carbocycles. The Morgan fingerprint density at radius 3 is 2.59 bits per heavy atom. The average molecular weight is 482 g/mol. The lowest BCUT2D eigenvalue weighted by molar-refractivity contribution is -0.110. The van der Waals surface area contributed by atoms with E-state index in [4.69, 9.17) is 14.7 Å². The molecule has 3 rings (SSSR count). The molecule has 1 aromatic heterocycles. The number of hydrogen-bond acceptors (Lipinski definition) is 10. The number of esters is 1. The molecule has 1 amide bonds. The summed E-state index contributed by atoms with van der Waals surface area (Å²) in [5.41, 5.74) is 0.227. The van der Waals surface area contributed by atoms with E-state index in [9.17, 15) is 18.7 Å². The number of benzene rings is 1. The number of anilines is 1. The number of aliphatic hydroxyl groups is 1. The van der Waals surface area contributed by atoms with Crippen LogP contribution in [0.25, 0.3) is 0 Å². The summed E-state index contributed by atoms with van der Waals surface area (Å²) >= 11 is 0.944. The Morgan fingerprint density at radius 1 is 1.31 bits per heavy atom. The van der Waals surface area contributed by atoms with Crippen LogP contribution in [0.3, 0.4) is 0 Å². The van der Waals surface area contributed by atoms with Gasteiger partial charge in [0.1, 0.15) is 11.0 Å². The summed E-state index contributed by atoms with van der Waals surface area (Å²) in [7, 11) is -3.01. The Bertz CT molecular complexity index is 1050. The number of hydrogen-bond donors (Lipinski definition) is 4. The molecular weight excluding hydrogens is 458 g/mol. The largest absolute Gasteiger partial charge is 0.462 e. The van der Waals surface area contributed by atoms with Crippen molar-refractivity contribution in [1.82, 2.24) is 4.98 Å². The Kier molecular flexibility index (Phi) is 7.64. The maximum Gasteiger partial charge on any atom is 0.350 e. The van der Waals surface area contributed by atoms with Crippen LogP contribution in [0.4, 0.5) is 5.13 Å². The minimum Gasteiger partial charge on any atom is -0.462 e. The zero-order valence-corrected chi connectivity index (χ0v) is 19.0. The van der Waals surface area contributed by atoms with Gasteiger partial charge in [-0.3, -0.25) is 19.2 Å². The quantitative estimate of drug-likeness (QED) is 0.229. The second-order valence-corrected chi connectivity index (χ2v) is 9.81. The predicted octanol–water partition coefficient (Wildman–Crippen LogP) is 3.46. The van der Waals surface area contributed by atoms with Gasteiger partial charge in [0.2, 0.25) is 0 Å². The number of thiazole rings is 1. The van der Waals surface area contributed by atoms with Gasteiger partial charge >= 0.3 is 5.97 Å². The molecule has 0 bridgehead atoms. The topological polar surface area (TPSA) is 151 Å². The molecule has 0 radical (unpaired) electrons. The van der Waals surface area contributed by atoms with Crippen LogP contribution in [-0.4, -0.2) is 56.1 Å². The fourth-order valence-electron chi connectivity index (χ4n) is 2.41. The van der Waals surface area contributed by atoms with Crippen molar-refractivity contribution in [2.75, 3.05) is 18.5 Å². The highest BCUT2D eigenvalue weighted by Gasteiger charge is 2.27. The van der Waals surface area contributed by atoms with Crippen molar-refractivity contribution in [3.05, 3.63) is 51.9 Å². The SMILES string of the molecule is CCOC(=O)c1cnc(NC(=O)C(=NO[C@H](C)CO)c2ccc(S(O)(O)C3=CC3)cc2)s1. The monoisotopic (exact) mass is 481 g/mol. The van der Waals surface area contributed by atoms with E-state index < -0.39 is 28.6 Å². The smallest absolute Gasteiger partial charge is 0.350 e. The molecule has 0 fully saturated rings. The molecule has 4 N–H and O–H groups in total. The van der Waals surface area contributed by atoms with E-state index in [1.165, 1.54) is 30.5 Å². The summed E-state index contributed by atoms with van der Waals surface area (Å²) in [6.07, 6.45) is 2.95. The normalized spacial score (nSPS) is 14.9. The molecule has 0 aliphatic heterocycles. The molecule has 1 heterocycles. The first kappa shape index (κ1) is 23.9. The summed E-state index contributed by atoms with van der Waals surface area (Å²) in [6.45, 7) is 3.17. The van der Waals surface area contributed by atoms with Crippen molar-refractivity contribution in [3.8, 4) is 0 Å². The number of nitrogens with zero attached hydrogens (tertiary/aromatic N) is 2. The maximum atomic E-state index is 12.9. The van der Waals surface area contributed by atoms with Crippen LogP contribution in [0, 0.1) is 0 Å². The average Bonchev–Trinajstić information content (AvgIpc) is 3.54. The Morgan fingerprint density at radius 2 is 2.00 bits per heavy atom. The number of amides is 1. The third-order valence-electron chi connectivity index (χ3n) is 4.19. The minimum absolute atomic E-state index is 0.119. The molecule has 1 aliphatic rings. The molecule has 12 heteroatoms. The summed E-state index contributed by atoms with van der Waals surface area (Å²) in [5.74, 6) is -1.20. The van der Waals surface area contributed by atoms with Gasteiger partial charge in [0.05, 0.1) is 24.3 Å². The van der Waals surface area contributed by atoms with Gasteiger partial charge in [0, 0.05) is 16.9 Å². The van der Waals surface area contributed by atoms with E-state index in [2.05, 4.69) is 15.5 Å². The van der Waals surface area contributed by atoms with E-state index in [0.717, 1.165) is 11.3 Å². The zero-order chi connectivity index (χ0) is 23.3. The third-order valence-corrected chi connectivity index (χ3v) is 7.08. The molecule has 0 spiro atoms. The summed E-state index contributed by atoms with van der Waals surface area (Å²) < 4.78 is 25.5. The first-order chi connectivity index (χ1) is 15.3.